The lowest BCUT2D eigenvalue weighted by Crippen LogP contribution is -2.45. The van der Waals surface area contributed by atoms with Crippen molar-refractivity contribution in [1.29, 1.82) is 0 Å². The summed E-state index contributed by atoms with van der Waals surface area (Å²) in [6.45, 7) is 9.75. The van der Waals surface area contributed by atoms with Gasteiger partial charge in [-0.3, -0.25) is 9.89 Å². The summed E-state index contributed by atoms with van der Waals surface area (Å²) in [5, 5.41) is 6.65. The van der Waals surface area contributed by atoms with E-state index in [1.165, 1.54) is 24.2 Å². The lowest BCUT2D eigenvalue weighted by atomic mass is 10.1. The zero-order valence-electron chi connectivity index (χ0n) is 19.1. The van der Waals surface area contributed by atoms with Crippen LogP contribution in [0.5, 0.6) is 11.5 Å². The maximum Gasteiger partial charge on any atom is 0.195 e. The zero-order chi connectivity index (χ0) is 22.1. The minimum absolute atomic E-state index is 0.676. The first-order chi connectivity index (χ1) is 15.1. The number of benzene rings is 2. The number of aliphatic imine (C=N–C) groups is 1. The molecular weight excluding hydrogens is 390 g/mol. The number of hydrogen-bond donors (Lipinski definition) is 2. The number of ether oxygens (including phenoxy) is 2. The number of likely N-dealkylation sites (N-methyl/N-ethyl adjacent to an activating group) is 1. The molecule has 0 saturated carbocycles. The van der Waals surface area contributed by atoms with Crippen molar-refractivity contribution in [2.45, 2.75) is 20.0 Å². The van der Waals surface area contributed by atoms with Gasteiger partial charge in [0.25, 0.3) is 0 Å². The molecule has 31 heavy (non-hydrogen) atoms. The van der Waals surface area contributed by atoms with Crippen molar-refractivity contribution in [2.24, 2.45) is 4.99 Å². The Morgan fingerprint density at radius 3 is 2.16 bits per heavy atom. The molecule has 7 heteroatoms. The molecule has 168 valence electrons. The van der Waals surface area contributed by atoms with Gasteiger partial charge in [-0.15, -0.1) is 0 Å². The number of nitrogens with one attached hydrogen (secondary N) is 2. The Morgan fingerprint density at radius 2 is 1.55 bits per heavy atom. The van der Waals surface area contributed by atoms with E-state index in [4.69, 9.17) is 9.47 Å². The van der Waals surface area contributed by atoms with Crippen LogP contribution in [-0.4, -0.2) is 69.8 Å². The highest BCUT2D eigenvalue weighted by Gasteiger charge is 2.15. The lowest BCUT2D eigenvalue weighted by Gasteiger charge is -2.34. The average molecular weight is 426 g/mol. The minimum atomic E-state index is 0.676. The largest absolute Gasteiger partial charge is 0.493 e. The summed E-state index contributed by atoms with van der Waals surface area (Å²) in [4.78, 5) is 9.36. The fourth-order valence-corrected chi connectivity index (χ4v) is 3.70. The van der Waals surface area contributed by atoms with Gasteiger partial charge < -0.3 is 25.0 Å². The Balaban J connectivity index is 1.49. The minimum Gasteiger partial charge on any atom is -0.493 e. The first kappa shape index (κ1) is 22.9. The van der Waals surface area contributed by atoms with E-state index in [0.717, 1.165) is 31.9 Å². The predicted molar refractivity (Wildman–Crippen MR) is 127 cm³/mol. The molecule has 0 spiro atoms. The van der Waals surface area contributed by atoms with Crippen LogP contribution in [0.1, 0.15) is 18.1 Å². The van der Waals surface area contributed by atoms with Crippen LogP contribution in [0.25, 0.3) is 0 Å². The van der Waals surface area contributed by atoms with Crippen LogP contribution >= 0.6 is 0 Å². The van der Waals surface area contributed by atoms with Gasteiger partial charge in [0, 0.05) is 58.1 Å². The number of hydrogen-bond acceptors (Lipinski definition) is 5. The van der Waals surface area contributed by atoms with E-state index in [9.17, 15) is 0 Å². The third-order valence-corrected chi connectivity index (χ3v) is 5.67. The number of rotatable bonds is 8. The first-order valence-electron chi connectivity index (χ1n) is 10.9. The average Bonchev–Trinajstić information content (AvgIpc) is 2.83. The molecule has 0 amide bonds. The lowest BCUT2D eigenvalue weighted by molar-refractivity contribution is 0.132. The van der Waals surface area contributed by atoms with Gasteiger partial charge in [-0.2, -0.15) is 0 Å². The maximum atomic E-state index is 5.37. The normalized spacial score (nSPS) is 15.5. The second-order valence-corrected chi connectivity index (χ2v) is 7.65. The Hall–Kier alpha value is -2.77. The molecule has 0 atom stereocenters. The molecular formula is C24H35N5O2. The van der Waals surface area contributed by atoms with E-state index in [1.54, 1.807) is 21.3 Å². The van der Waals surface area contributed by atoms with Crippen molar-refractivity contribution in [3.05, 3.63) is 53.6 Å². The van der Waals surface area contributed by atoms with Gasteiger partial charge in [0.15, 0.2) is 17.5 Å². The molecule has 2 N–H and O–H groups in total. The summed E-state index contributed by atoms with van der Waals surface area (Å²) < 4.78 is 10.7. The fraction of sp³-hybridized carbons (Fsp3) is 0.458. The van der Waals surface area contributed by atoms with Crippen LogP contribution in [0.15, 0.2) is 47.5 Å². The molecule has 1 saturated heterocycles. The van der Waals surface area contributed by atoms with Crippen molar-refractivity contribution in [1.82, 2.24) is 15.1 Å². The van der Waals surface area contributed by atoms with Gasteiger partial charge in [-0.1, -0.05) is 31.2 Å². The molecule has 3 rings (SSSR count). The van der Waals surface area contributed by atoms with E-state index in [1.807, 2.05) is 18.2 Å². The Bertz CT molecular complexity index is 846. The summed E-state index contributed by atoms with van der Waals surface area (Å²) in [5.41, 5.74) is 3.46. The van der Waals surface area contributed by atoms with Crippen molar-refractivity contribution < 1.29 is 9.47 Å². The second-order valence-electron chi connectivity index (χ2n) is 7.65. The van der Waals surface area contributed by atoms with Gasteiger partial charge in [0.2, 0.25) is 0 Å². The number of guanidine groups is 1. The number of anilines is 1. The molecule has 0 radical (unpaired) electrons. The summed E-state index contributed by atoms with van der Waals surface area (Å²) in [7, 11) is 5.02. The van der Waals surface area contributed by atoms with Crippen LogP contribution in [0.2, 0.25) is 0 Å². The molecule has 0 aliphatic carbocycles. The van der Waals surface area contributed by atoms with Crippen LogP contribution in [0.4, 0.5) is 5.69 Å². The van der Waals surface area contributed by atoms with Crippen LogP contribution in [-0.2, 0) is 13.1 Å². The zero-order valence-corrected chi connectivity index (χ0v) is 19.1. The number of nitrogens with zero attached hydrogens (tertiary/aromatic N) is 3. The molecule has 0 bridgehead atoms. The molecule has 1 heterocycles. The van der Waals surface area contributed by atoms with E-state index in [0.29, 0.717) is 24.0 Å². The highest BCUT2D eigenvalue weighted by atomic mass is 16.5. The predicted octanol–water partition coefficient (Wildman–Crippen LogP) is 3.03. The molecule has 0 unspecified atom stereocenters. The number of methoxy groups -OCH3 is 2. The summed E-state index contributed by atoms with van der Waals surface area (Å²) >= 11 is 0. The van der Waals surface area contributed by atoms with Gasteiger partial charge in [0.1, 0.15) is 0 Å². The molecule has 2 aromatic rings. The summed E-state index contributed by atoms with van der Waals surface area (Å²) in [5.74, 6) is 2.07. The molecule has 7 nitrogen and oxygen atoms in total. The van der Waals surface area contributed by atoms with Crippen LogP contribution in [0.3, 0.4) is 0 Å². The quantitative estimate of drug-likeness (QED) is 0.501. The van der Waals surface area contributed by atoms with Gasteiger partial charge >= 0.3 is 0 Å². The maximum absolute atomic E-state index is 5.37. The van der Waals surface area contributed by atoms with E-state index in [-0.39, 0.29) is 0 Å². The van der Waals surface area contributed by atoms with Crippen molar-refractivity contribution >= 4 is 11.6 Å². The molecule has 1 aliphatic heterocycles. The van der Waals surface area contributed by atoms with Crippen molar-refractivity contribution in [3.63, 3.8) is 0 Å². The van der Waals surface area contributed by atoms with Gasteiger partial charge in [-0.25, -0.2) is 0 Å². The molecule has 2 aromatic carbocycles. The first-order valence-corrected chi connectivity index (χ1v) is 10.9. The smallest absolute Gasteiger partial charge is 0.195 e. The SMILES string of the molecule is CCN1CCN(Cc2ccc(CNC(=NC)Nc3ccc(OC)c(OC)c3)cc2)CC1. The van der Waals surface area contributed by atoms with E-state index in [2.05, 4.69) is 56.6 Å². The third kappa shape index (κ3) is 6.60. The Kier molecular flexibility index (Phi) is 8.55. The third-order valence-electron chi connectivity index (χ3n) is 5.67. The summed E-state index contributed by atoms with van der Waals surface area (Å²) in [6, 6.07) is 14.5. The van der Waals surface area contributed by atoms with Crippen LogP contribution in [0, 0.1) is 0 Å². The van der Waals surface area contributed by atoms with Crippen molar-refractivity contribution in [3.8, 4) is 11.5 Å². The fourth-order valence-electron chi connectivity index (χ4n) is 3.70. The topological polar surface area (TPSA) is 61.4 Å². The molecule has 0 aromatic heterocycles. The van der Waals surface area contributed by atoms with Crippen LogP contribution < -0.4 is 20.1 Å². The second kappa shape index (κ2) is 11.6. The number of piperazine rings is 1. The summed E-state index contributed by atoms with van der Waals surface area (Å²) in [6.07, 6.45) is 0. The van der Waals surface area contributed by atoms with Gasteiger partial charge in [-0.05, 0) is 29.8 Å². The highest BCUT2D eigenvalue weighted by molar-refractivity contribution is 5.93. The van der Waals surface area contributed by atoms with Crippen molar-refractivity contribution in [2.75, 3.05) is 59.3 Å². The van der Waals surface area contributed by atoms with E-state index < -0.39 is 0 Å². The Labute approximate surface area is 186 Å². The monoisotopic (exact) mass is 425 g/mol. The Morgan fingerprint density at radius 1 is 0.903 bits per heavy atom. The standard InChI is InChI=1S/C24H35N5O2/c1-5-28-12-14-29(15-13-28)18-20-8-6-19(7-9-20)17-26-24(25-2)27-21-10-11-22(30-3)23(16-21)31-4/h6-11,16H,5,12-15,17-18H2,1-4H3,(H2,25,26,27). The van der Waals surface area contributed by atoms with Gasteiger partial charge in [0.05, 0.1) is 14.2 Å². The molecule has 1 aliphatic rings. The highest BCUT2D eigenvalue weighted by Crippen LogP contribution is 2.29. The van der Waals surface area contributed by atoms with E-state index >= 15 is 0 Å². The molecule has 1 fully saturated rings.